The lowest BCUT2D eigenvalue weighted by Gasteiger charge is -2.12. The van der Waals surface area contributed by atoms with Crippen molar-refractivity contribution in [2.45, 2.75) is 33.6 Å². The number of hydrogen-bond acceptors (Lipinski definition) is 5. The van der Waals surface area contributed by atoms with Crippen molar-refractivity contribution >= 4 is 12.1 Å². The SMILES string of the molecule is CCOc1c(/C=N/NC(=O)COc2ccc(C(C)C)c(C)c2)cccc1OC. The molecule has 6 heteroatoms. The number of methoxy groups -OCH3 is 1. The average Bonchev–Trinajstić information content (AvgIpc) is 2.67. The van der Waals surface area contributed by atoms with Crippen LogP contribution in [0.3, 0.4) is 0 Å². The molecule has 0 aromatic heterocycles. The van der Waals surface area contributed by atoms with Crippen molar-refractivity contribution in [3.8, 4) is 17.2 Å². The third-order valence-corrected chi connectivity index (χ3v) is 4.14. The van der Waals surface area contributed by atoms with Gasteiger partial charge in [-0.15, -0.1) is 0 Å². The molecule has 0 heterocycles. The van der Waals surface area contributed by atoms with Crippen LogP contribution in [-0.4, -0.2) is 32.4 Å². The van der Waals surface area contributed by atoms with E-state index in [9.17, 15) is 4.79 Å². The van der Waals surface area contributed by atoms with Gasteiger partial charge in [-0.1, -0.05) is 26.0 Å². The van der Waals surface area contributed by atoms with Gasteiger partial charge in [-0.2, -0.15) is 5.10 Å². The fourth-order valence-corrected chi connectivity index (χ4v) is 2.83. The zero-order valence-corrected chi connectivity index (χ0v) is 17.1. The molecule has 2 aromatic rings. The van der Waals surface area contributed by atoms with Crippen LogP contribution in [0.25, 0.3) is 0 Å². The van der Waals surface area contributed by atoms with Gasteiger partial charge in [-0.25, -0.2) is 5.43 Å². The number of nitrogens with zero attached hydrogens (tertiary/aromatic N) is 1. The van der Waals surface area contributed by atoms with Crippen molar-refractivity contribution < 1.29 is 19.0 Å². The zero-order chi connectivity index (χ0) is 20.5. The summed E-state index contributed by atoms with van der Waals surface area (Å²) in [7, 11) is 1.58. The topological polar surface area (TPSA) is 69.2 Å². The summed E-state index contributed by atoms with van der Waals surface area (Å²) in [5.41, 5.74) is 5.59. The van der Waals surface area contributed by atoms with Gasteiger partial charge in [-0.05, 0) is 55.2 Å². The molecule has 0 saturated carbocycles. The molecule has 6 nitrogen and oxygen atoms in total. The summed E-state index contributed by atoms with van der Waals surface area (Å²) < 4.78 is 16.5. The number of hydrazone groups is 1. The molecular weight excluding hydrogens is 356 g/mol. The number of aryl methyl sites for hydroxylation is 1. The van der Waals surface area contributed by atoms with E-state index in [0.29, 0.717) is 35.3 Å². The summed E-state index contributed by atoms with van der Waals surface area (Å²) >= 11 is 0. The highest BCUT2D eigenvalue weighted by Gasteiger charge is 2.09. The van der Waals surface area contributed by atoms with Gasteiger partial charge < -0.3 is 14.2 Å². The first-order valence-corrected chi connectivity index (χ1v) is 9.31. The Bertz CT molecular complexity index is 831. The Kier molecular flexibility index (Phi) is 7.87. The molecule has 0 fully saturated rings. The summed E-state index contributed by atoms with van der Waals surface area (Å²) in [6.45, 7) is 8.60. The summed E-state index contributed by atoms with van der Waals surface area (Å²) in [5, 5.41) is 3.99. The van der Waals surface area contributed by atoms with E-state index < -0.39 is 0 Å². The third kappa shape index (κ3) is 5.74. The molecule has 1 amide bonds. The second-order valence-corrected chi connectivity index (χ2v) is 6.57. The fraction of sp³-hybridized carbons (Fsp3) is 0.364. The predicted octanol–water partition coefficient (Wildman–Crippen LogP) is 4.05. The van der Waals surface area contributed by atoms with Crippen molar-refractivity contribution in [1.82, 2.24) is 5.43 Å². The van der Waals surface area contributed by atoms with Crippen LogP contribution in [0.2, 0.25) is 0 Å². The number of hydrogen-bond donors (Lipinski definition) is 1. The molecule has 0 aliphatic carbocycles. The summed E-state index contributed by atoms with van der Waals surface area (Å²) in [4.78, 5) is 12.0. The van der Waals surface area contributed by atoms with Crippen molar-refractivity contribution in [2.24, 2.45) is 5.10 Å². The lowest BCUT2D eigenvalue weighted by Crippen LogP contribution is -2.24. The molecule has 0 aliphatic heterocycles. The van der Waals surface area contributed by atoms with Gasteiger partial charge in [0.15, 0.2) is 18.1 Å². The molecule has 150 valence electrons. The molecule has 2 aromatic carbocycles. The fourth-order valence-electron chi connectivity index (χ4n) is 2.83. The highest BCUT2D eigenvalue weighted by atomic mass is 16.5. The second-order valence-electron chi connectivity index (χ2n) is 6.57. The molecule has 0 unspecified atom stereocenters. The normalized spacial score (nSPS) is 10.9. The van der Waals surface area contributed by atoms with Gasteiger partial charge in [0.05, 0.1) is 19.9 Å². The number of para-hydroxylation sites is 1. The van der Waals surface area contributed by atoms with E-state index in [0.717, 1.165) is 5.56 Å². The summed E-state index contributed by atoms with van der Waals surface area (Å²) in [6.07, 6.45) is 1.52. The maximum absolute atomic E-state index is 12.0. The van der Waals surface area contributed by atoms with Crippen LogP contribution in [0.4, 0.5) is 0 Å². The molecule has 0 bridgehead atoms. The van der Waals surface area contributed by atoms with Crippen LogP contribution in [0, 0.1) is 6.92 Å². The lowest BCUT2D eigenvalue weighted by molar-refractivity contribution is -0.123. The van der Waals surface area contributed by atoms with E-state index in [2.05, 4.69) is 24.4 Å². The lowest BCUT2D eigenvalue weighted by atomic mass is 9.98. The standard InChI is InChI=1S/C22H28N2O4/c1-6-27-22-17(8-7-9-20(22)26-5)13-23-24-21(25)14-28-18-10-11-19(15(2)3)16(4)12-18/h7-13,15H,6,14H2,1-5H3,(H,24,25)/b23-13+. The molecule has 28 heavy (non-hydrogen) atoms. The largest absolute Gasteiger partial charge is 0.493 e. The van der Waals surface area contributed by atoms with E-state index in [4.69, 9.17) is 14.2 Å². The number of carbonyl (C=O) groups excluding carboxylic acids is 1. The average molecular weight is 384 g/mol. The van der Waals surface area contributed by atoms with Gasteiger partial charge >= 0.3 is 0 Å². The van der Waals surface area contributed by atoms with E-state index in [1.807, 2.05) is 44.2 Å². The quantitative estimate of drug-likeness (QED) is 0.523. The van der Waals surface area contributed by atoms with Gasteiger partial charge in [-0.3, -0.25) is 4.79 Å². The number of benzene rings is 2. The molecule has 0 spiro atoms. The minimum Gasteiger partial charge on any atom is -0.493 e. The highest BCUT2D eigenvalue weighted by molar-refractivity contribution is 5.86. The first-order chi connectivity index (χ1) is 13.5. The van der Waals surface area contributed by atoms with Gasteiger partial charge in [0.25, 0.3) is 5.91 Å². The van der Waals surface area contributed by atoms with Gasteiger partial charge in [0.1, 0.15) is 5.75 Å². The van der Waals surface area contributed by atoms with Crippen molar-refractivity contribution in [2.75, 3.05) is 20.3 Å². The Balaban J connectivity index is 1.93. The first kappa shape index (κ1) is 21.3. The first-order valence-electron chi connectivity index (χ1n) is 9.31. The Hall–Kier alpha value is -3.02. The number of amides is 1. The van der Waals surface area contributed by atoms with Crippen molar-refractivity contribution in [1.29, 1.82) is 0 Å². The molecular formula is C22H28N2O4. The zero-order valence-electron chi connectivity index (χ0n) is 17.1. The number of rotatable bonds is 9. The molecule has 0 radical (unpaired) electrons. The Morgan fingerprint density at radius 3 is 2.64 bits per heavy atom. The Morgan fingerprint density at radius 2 is 2.00 bits per heavy atom. The number of nitrogens with one attached hydrogen (secondary N) is 1. The van der Waals surface area contributed by atoms with E-state index >= 15 is 0 Å². The van der Waals surface area contributed by atoms with Gasteiger partial charge in [0.2, 0.25) is 0 Å². The number of ether oxygens (including phenoxy) is 3. The maximum Gasteiger partial charge on any atom is 0.277 e. The number of carbonyl (C=O) groups is 1. The Labute approximate surface area is 166 Å². The molecule has 1 N–H and O–H groups in total. The molecule has 2 rings (SSSR count). The molecule has 0 saturated heterocycles. The van der Waals surface area contributed by atoms with Crippen LogP contribution in [0.5, 0.6) is 17.2 Å². The Morgan fingerprint density at radius 1 is 1.21 bits per heavy atom. The van der Waals surface area contributed by atoms with Crippen LogP contribution >= 0.6 is 0 Å². The van der Waals surface area contributed by atoms with Crippen molar-refractivity contribution in [3.05, 3.63) is 53.1 Å². The summed E-state index contributed by atoms with van der Waals surface area (Å²) in [5.74, 6) is 1.96. The van der Waals surface area contributed by atoms with Crippen LogP contribution in [-0.2, 0) is 4.79 Å². The second kappa shape index (κ2) is 10.3. The summed E-state index contributed by atoms with van der Waals surface area (Å²) in [6, 6.07) is 11.3. The van der Waals surface area contributed by atoms with E-state index in [-0.39, 0.29) is 12.5 Å². The van der Waals surface area contributed by atoms with Crippen LogP contribution < -0.4 is 19.6 Å². The van der Waals surface area contributed by atoms with E-state index in [1.165, 1.54) is 11.8 Å². The van der Waals surface area contributed by atoms with Crippen LogP contribution in [0.1, 0.15) is 43.4 Å². The minimum absolute atomic E-state index is 0.117. The third-order valence-electron chi connectivity index (χ3n) is 4.14. The molecule has 0 atom stereocenters. The minimum atomic E-state index is -0.345. The maximum atomic E-state index is 12.0. The van der Waals surface area contributed by atoms with E-state index in [1.54, 1.807) is 13.2 Å². The molecule has 0 aliphatic rings. The highest BCUT2D eigenvalue weighted by Crippen LogP contribution is 2.30. The van der Waals surface area contributed by atoms with Crippen LogP contribution in [0.15, 0.2) is 41.5 Å². The van der Waals surface area contributed by atoms with Crippen molar-refractivity contribution in [3.63, 3.8) is 0 Å². The smallest absolute Gasteiger partial charge is 0.277 e. The van der Waals surface area contributed by atoms with Gasteiger partial charge in [0, 0.05) is 5.56 Å². The monoisotopic (exact) mass is 384 g/mol. The predicted molar refractivity (Wildman–Crippen MR) is 111 cm³/mol.